The molecule has 0 bridgehead atoms. The van der Waals surface area contributed by atoms with Crippen LogP contribution >= 0.6 is 0 Å². The summed E-state index contributed by atoms with van der Waals surface area (Å²) in [6.07, 6.45) is 0. The van der Waals surface area contributed by atoms with Crippen LogP contribution in [0, 0.1) is 32.6 Å². The molecule has 2 aromatic carbocycles. The Kier molecular flexibility index (Phi) is 5.03. The molecule has 0 aromatic heterocycles. The second-order valence-corrected chi connectivity index (χ2v) is 5.14. The van der Waals surface area contributed by atoms with Crippen molar-refractivity contribution < 1.29 is 4.74 Å². The van der Waals surface area contributed by atoms with Crippen LogP contribution in [0.25, 0.3) is 0 Å². The molecule has 0 spiro atoms. The molecule has 2 N–H and O–H groups in total. The maximum atomic E-state index is 5.92. The fraction of sp³-hybridized carbons (Fsp3) is 0.263. The third kappa shape index (κ3) is 3.87. The van der Waals surface area contributed by atoms with E-state index in [2.05, 4.69) is 43.9 Å². The van der Waals surface area contributed by atoms with Crippen molar-refractivity contribution in [2.45, 2.75) is 27.4 Å². The van der Waals surface area contributed by atoms with E-state index in [1.165, 1.54) is 16.7 Å². The largest absolute Gasteiger partial charge is 0.489 e. The Morgan fingerprint density at radius 3 is 2.33 bits per heavy atom. The van der Waals surface area contributed by atoms with E-state index in [-0.39, 0.29) is 0 Å². The van der Waals surface area contributed by atoms with Gasteiger partial charge in [0.05, 0.1) is 6.54 Å². The van der Waals surface area contributed by atoms with Gasteiger partial charge in [0.2, 0.25) is 0 Å². The first-order chi connectivity index (χ1) is 10.1. The summed E-state index contributed by atoms with van der Waals surface area (Å²) in [6.45, 7) is 7.23. The molecule has 0 aliphatic rings. The summed E-state index contributed by atoms with van der Waals surface area (Å²) in [5.41, 5.74) is 11.3. The zero-order valence-electron chi connectivity index (χ0n) is 12.9. The smallest absolute Gasteiger partial charge is 0.120 e. The van der Waals surface area contributed by atoms with Crippen LogP contribution < -0.4 is 10.5 Å². The molecule has 2 aromatic rings. The monoisotopic (exact) mass is 279 g/mol. The Balaban J connectivity index is 2.12. The number of hydrogen-bond donors (Lipinski definition) is 1. The molecule has 2 nitrogen and oxygen atoms in total. The number of hydrogen-bond acceptors (Lipinski definition) is 2. The molecule has 0 aliphatic carbocycles. The Morgan fingerprint density at radius 1 is 1.00 bits per heavy atom. The molecule has 0 fully saturated rings. The molecule has 0 atom stereocenters. The molecule has 0 saturated heterocycles. The predicted molar refractivity (Wildman–Crippen MR) is 87.4 cm³/mol. The second kappa shape index (κ2) is 6.97. The highest BCUT2D eigenvalue weighted by molar-refractivity contribution is 5.45. The highest BCUT2D eigenvalue weighted by Gasteiger charge is 2.04. The van der Waals surface area contributed by atoms with Crippen LogP contribution in [0.2, 0.25) is 0 Å². The van der Waals surface area contributed by atoms with E-state index in [0.717, 1.165) is 16.9 Å². The third-order valence-corrected chi connectivity index (χ3v) is 3.55. The van der Waals surface area contributed by atoms with Crippen molar-refractivity contribution in [3.63, 3.8) is 0 Å². The van der Waals surface area contributed by atoms with E-state index in [9.17, 15) is 0 Å². The van der Waals surface area contributed by atoms with Crippen LogP contribution in [0.4, 0.5) is 0 Å². The zero-order valence-corrected chi connectivity index (χ0v) is 12.9. The number of nitrogens with two attached hydrogens (primary N) is 1. The van der Waals surface area contributed by atoms with Crippen LogP contribution in [0.1, 0.15) is 27.8 Å². The summed E-state index contributed by atoms with van der Waals surface area (Å²) in [4.78, 5) is 0. The van der Waals surface area contributed by atoms with Gasteiger partial charge in [-0.1, -0.05) is 30.0 Å². The molecule has 0 aliphatic heterocycles. The number of benzene rings is 2. The molecule has 108 valence electrons. The van der Waals surface area contributed by atoms with Gasteiger partial charge < -0.3 is 10.5 Å². The summed E-state index contributed by atoms with van der Waals surface area (Å²) in [7, 11) is 0. The summed E-state index contributed by atoms with van der Waals surface area (Å²) in [6, 6.07) is 12.3. The molecule has 0 radical (unpaired) electrons. The Bertz CT molecular complexity index is 672. The fourth-order valence-corrected chi connectivity index (χ4v) is 2.24. The van der Waals surface area contributed by atoms with Gasteiger partial charge in [0.1, 0.15) is 12.4 Å². The first-order valence-electron chi connectivity index (χ1n) is 7.09. The van der Waals surface area contributed by atoms with E-state index in [0.29, 0.717) is 13.2 Å². The fourth-order valence-electron chi connectivity index (χ4n) is 2.24. The van der Waals surface area contributed by atoms with Crippen LogP contribution in [-0.2, 0) is 6.61 Å². The van der Waals surface area contributed by atoms with Crippen LogP contribution in [-0.4, -0.2) is 6.54 Å². The van der Waals surface area contributed by atoms with Gasteiger partial charge in [0, 0.05) is 5.56 Å². The lowest BCUT2D eigenvalue weighted by Gasteiger charge is -2.12. The maximum absolute atomic E-state index is 5.92. The standard InChI is InChI=1S/C19H21NO/c1-14-6-4-7-15(2)19(14)13-21-18-10-9-17(8-5-11-20)16(3)12-18/h4,6-7,9-10,12H,11,13,20H2,1-3H3. The average Bonchev–Trinajstić information content (AvgIpc) is 2.46. The zero-order chi connectivity index (χ0) is 15.2. The Labute approximate surface area is 126 Å². The van der Waals surface area contributed by atoms with Crippen molar-refractivity contribution in [3.8, 4) is 17.6 Å². The molecule has 2 rings (SSSR count). The quantitative estimate of drug-likeness (QED) is 0.873. The molecule has 2 heteroatoms. The van der Waals surface area contributed by atoms with Gasteiger partial charge in [0.25, 0.3) is 0 Å². The van der Waals surface area contributed by atoms with Crippen molar-refractivity contribution in [2.75, 3.05) is 6.54 Å². The lowest BCUT2D eigenvalue weighted by atomic mass is 10.0. The van der Waals surface area contributed by atoms with Gasteiger partial charge in [-0.05, 0) is 61.2 Å². The lowest BCUT2D eigenvalue weighted by Crippen LogP contribution is -2.01. The molecular formula is C19H21NO. The first kappa shape index (κ1) is 15.2. The SMILES string of the molecule is Cc1cc(OCc2c(C)cccc2C)ccc1C#CCN. The highest BCUT2D eigenvalue weighted by Crippen LogP contribution is 2.20. The van der Waals surface area contributed by atoms with E-state index >= 15 is 0 Å². The number of rotatable bonds is 3. The minimum atomic E-state index is 0.379. The second-order valence-electron chi connectivity index (χ2n) is 5.14. The molecule has 0 unspecified atom stereocenters. The number of aryl methyl sites for hydroxylation is 3. The van der Waals surface area contributed by atoms with E-state index in [4.69, 9.17) is 10.5 Å². The van der Waals surface area contributed by atoms with Crippen molar-refractivity contribution in [1.29, 1.82) is 0 Å². The molecule has 0 heterocycles. The topological polar surface area (TPSA) is 35.2 Å². The van der Waals surface area contributed by atoms with Gasteiger partial charge >= 0.3 is 0 Å². The average molecular weight is 279 g/mol. The molecule has 0 saturated carbocycles. The lowest BCUT2D eigenvalue weighted by molar-refractivity contribution is 0.304. The minimum Gasteiger partial charge on any atom is -0.489 e. The van der Waals surface area contributed by atoms with Gasteiger partial charge in [-0.3, -0.25) is 0 Å². The van der Waals surface area contributed by atoms with Gasteiger partial charge in [-0.25, -0.2) is 0 Å². The summed E-state index contributed by atoms with van der Waals surface area (Å²) < 4.78 is 5.92. The van der Waals surface area contributed by atoms with Gasteiger partial charge in [0.15, 0.2) is 0 Å². The van der Waals surface area contributed by atoms with Crippen molar-refractivity contribution in [3.05, 3.63) is 64.2 Å². The van der Waals surface area contributed by atoms with Gasteiger partial charge in [-0.2, -0.15) is 0 Å². The van der Waals surface area contributed by atoms with Crippen LogP contribution in [0.5, 0.6) is 5.75 Å². The minimum absolute atomic E-state index is 0.379. The Hall–Kier alpha value is -2.24. The highest BCUT2D eigenvalue weighted by atomic mass is 16.5. The van der Waals surface area contributed by atoms with Crippen molar-refractivity contribution in [1.82, 2.24) is 0 Å². The summed E-state index contributed by atoms with van der Waals surface area (Å²) in [5.74, 6) is 6.80. The van der Waals surface area contributed by atoms with Crippen molar-refractivity contribution in [2.24, 2.45) is 5.73 Å². The Morgan fingerprint density at radius 2 is 1.71 bits per heavy atom. The van der Waals surface area contributed by atoms with E-state index in [1.807, 2.05) is 25.1 Å². The maximum Gasteiger partial charge on any atom is 0.120 e. The first-order valence-corrected chi connectivity index (χ1v) is 7.09. The summed E-state index contributed by atoms with van der Waals surface area (Å²) in [5, 5.41) is 0. The van der Waals surface area contributed by atoms with Crippen LogP contribution in [0.3, 0.4) is 0 Å². The van der Waals surface area contributed by atoms with E-state index < -0.39 is 0 Å². The van der Waals surface area contributed by atoms with Crippen LogP contribution in [0.15, 0.2) is 36.4 Å². The van der Waals surface area contributed by atoms with Crippen molar-refractivity contribution >= 4 is 0 Å². The summed E-state index contributed by atoms with van der Waals surface area (Å²) >= 11 is 0. The third-order valence-electron chi connectivity index (χ3n) is 3.55. The predicted octanol–water partition coefficient (Wildman–Crippen LogP) is 3.50. The van der Waals surface area contributed by atoms with Gasteiger partial charge in [-0.15, -0.1) is 0 Å². The molecular weight excluding hydrogens is 258 g/mol. The normalized spacial score (nSPS) is 9.90. The van der Waals surface area contributed by atoms with E-state index in [1.54, 1.807) is 0 Å². The molecule has 21 heavy (non-hydrogen) atoms. The molecule has 0 amide bonds. The number of ether oxygens (including phenoxy) is 1.